The summed E-state index contributed by atoms with van der Waals surface area (Å²) < 4.78 is 19.2. The molecule has 1 aromatic rings. The third-order valence-corrected chi connectivity index (χ3v) is 3.21. The van der Waals surface area contributed by atoms with Gasteiger partial charge in [0.1, 0.15) is 5.82 Å². The SMILES string of the molecule is COCC(O)CCNC(C)c1ccc(Br)cc1F. The van der Waals surface area contributed by atoms with E-state index < -0.39 is 6.10 Å². The first-order valence-electron chi connectivity index (χ1n) is 5.90. The Hall–Kier alpha value is -0.490. The van der Waals surface area contributed by atoms with Crippen LogP contribution in [0.2, 0.25) is 0 Å². The zero-order chi connectivity index (χ0) is 13.5. The van der Waals surface area contributed by atoms with E-state index >= 15 is 0 Å². The molecule has 0 spiro atoms. The summed E-state index contributed by atoms with van der Waals surface area (Å²) in [5, 5.41) is 12.7. The van der Waals surface area contributed by atoms with Crippen molar-refractivity contribution < 1.29 is 14.2 Å². The summed E-state index contributed by atoms with van der Waals surface area (Å²) in [5.41, 5.74) is 0.624. The first kappa shape index (κ1) is 15.6. The number of methoxy groups -OCH3 is 1. The molecule has 0 aliphatic heterocycles. The maximum absolute atomic E-state index is 13.7. The Morgan fingerprint density at radius 2 is 2.22 bits per heavy atom. The molecule has 0 heterocycles. The van der Waals surface area contributed by atoms with Gasteiger partial charge < -0.3 is 15.2 Å². The molecule has 102 valence electrons. The second-order valence-corrected chi connectivity index (χ2v) is 5.16. The lowest BCUT2D eigenvalue weighted by Gasteiger charge is -2.16. The number of aliphatic hydroxyl groups is 1. The lowest BCUT2D eigenvalue weighted by Crippen LogP contribution is -2.26. The van der Waals surface area contributed by atoms with Crippen molar-refractivity contribution in [2.24, 2.45) is 0 Å². The van der Waals surface area contributed by atoms with Crippen molar-refractivity contribution in [3.8, 4) is 0 Å². The lowest BCUT2D eigenvalue weighted by atomic mass is 10.1. The number of rotatable bonds is 7. The first-order chi connectivity index (χ1) is 8.54. The molecule has 0 radical (unpaired) electrons. The summed E-state index contributed by atoms with van der Waals surface area (Å²) >= 11 is 3.23. The Labute approximate surface area is 115 Å². The zero-order valence-electron chi connectivity index (χ0n) is 10.6. The number of nitrogens with one attached hydrogen (secondary N) is 1. The lowest BCUT2D eigenvalue weighted by molar-refractivity contribution is 0.0590. The standard InChI is InChI=1S/C13H19BrFNO2/c1-9(16-6-5-11(17)8-18-2)12-4-3-10(14)7-13(12)15/h3-4,7,9,11,16-17H,5-6,8H2,1-2H3. The molecule has 2 unspecified atom stereocenters. The van der Waals surface area contributed by atoms with Crippen molar-refractivity contribution in [3.05, 3.63) is 34.1 Å². The van der Waals surface area contributed by atoms with E-state index in [2.05, 4.69) is 21.2 Å². The number of hydrogen-bond donors (Lipinski definition) is 2. The second kappa shape index (κ2) is 7.84. The average molecular weight is 320 g/mol. The molecule has 0 saturated heterocycles. The predicted octanol–water partition coefficient (Wildman–Crippen LogP) is 2.64. The predicted molar refractivity (Wildman–Crippen MR) is 73.0 cm³/mol. The van der Waals surface area contributed by atoms with Gasteiger partial charge in [-0.25, -0.2) is 4.39 Å². The van der Waals surface area contributed by atoms with Crippen molar-refractivity contribution in [1.82, 2.24) is 5.32 Å². The highest BCUT2D eigenvalue weighted by atomic mass is 79.9. The number of ether oxygens (including phenoxy) is 1. The van der Waals surface area contributed by atoms with Crippen LogP contribution in [0.3, 0.4) is 0 Å². The van der Waals surface area contributed by atoms with Crippen LogP contribution in [0.5, 0.6) is 0 Å². The Balaban J connectivity index is 2.43. The molecule has 1 aromatic carbocycles. The summed E-state index contributed by atoms with van der Waals surface area (Å²) in [6, 6.07) is 4.93. The van der Waals surface area contributed by atoms with Gasteiger partial charge in [-0.15, -0.1) is 0 Å². The highest BCUT2D eigenvalue weighted by molar-refractivity contribution is 9.10. The van der Waals surface area contributed by atoms with Gasteiger partial charge in [-0.1, -0.05) is 22.0 Å². The molecule has 0 amide bonds. The van der Waals surface area contributed by atoms with Crippen LogP contribution in [0.15, 0.2) is 22.7 Å². The highest BCUT2D eigenvalue weighted by Gasteiger charge is 2.11. The molecule has 3 nitrogen and oxygen atoms in total. The van der Waals surface area contributed by atoms with Gasteiger partial charge in [0.25, 0.3) is 0 Å². The molecular weight excluding hydrogens is 301 g/mol. The molecule has 0 aliphatic rings. The molecule has 0 bridgehead atoms. The molecule has 0 aromatic heterocycles. The largest absolute Gasteiger partial charge is 0.391 e. The summed E-state index contributed by atoms with van der Waals surface area (Å²) in [6.07, 6.45) is 0.0977. The van der Waals surface area contributed by atoms with Gasteiger partial charge in [0.2, 0.25) is 0 Å². The number of aliphatic hydroxyl groups excluding tert-OH is 1. The van der Waals surface area contributed by atoms with Gasteiger partial charge in [-0.05, 0) is 32.0 Å². The van der Waals surface area contributed by atoms with Gasteiger partial charge in [-0.2, -0.15) is 0 Å². The number of benzene rings is 1. The molecule has 0 aliphatic carbocycles. The van der Waals surface area contributed by atoms with E-state index in [1.807, 2.05) is 13.0 Å². The van der Waals surface area contributed by atoms with E-state index in [4.69, 9.17) is 4.74 Å². The van der Waals surface area contributed by atoms with Crippen molar-refractivity contribution in [2.75, 3.05) is 20.3 Å². The third-order valence-electron chi connectivity index (χ3n) is 2.72. The monoisotopic (exact) mass is 319 g/mol. The zero-order valence-corrected chi connectivity index (χ0v) is 12.2. The maximum Gasteiger partial charge on any atom is 0.129 e. The minimum atomic E-state index is -0.482. The first-order valence-corrected chi connectivity index (χ1v) is 6.69. The Morgan fingerprint density at radius 3 is 2.83 bits per heavy atom. The van der Waals surface area contributed by atoms with Gasteiger partial charge in [-0.3, -0.25) is 0 Å². The quantitative estimate of drug-likeness (QED) is 0.811. The van der Waals surface area contributed by atoms with Gasteiger partial charge in [0.05, 0.1) is 12.7 Å². The molecule has 2 atom stereocenters. The van der Waals surface area contributed by atoms with Crippen molar-refractivity contribution >= 4 is 15.9 Å². The fourth-order valence-corrected chi connectivity index (χ4v) is 2.04. The number of hydrogen-bond acceptors (Lipinski definition) is 3. The van der Waals surface area contributed by atoms with Crippen LogP contribution in [-0.4, -0.2) is 31.5 Å². The molecule has 5 heteroatoms. The second-order valence-electron chi connectivity index (χ2n) is 4.24. The summed E-state index contributed by atoms with van der Waals surface area (Å²) in [6.45, 7) is 2.83. The summed E-state index contributed by atoms with van der Waals surface area (Å²) in [7, 11) is 1.55. The number of halogens is 2. The Bertz CT molecular complexity index is 376. The fraction of sp³-hybridized carbons (Fsp3) is 0.538. The van der Waals surface area contributed by atoms with Gasteiger partial charge in [0, 0.05) is 23.2 Å². The summed E-state index contributed by atoms with van der Waals surface area (Å²) in [4.78, 5) is 0. The van der Waals surface area contributed by atoms with Crippen LogP contribution in [0.4, 0.5) is 4.39 Å². The van der Waals surface area contributed by atoms with E-state index in [1.165, 1.54) is 6.07 Å². The van der Waals surface area contributed by atoms with Crippen LogP contribution in [0.25, 0.3) is 0 Å². The van der Waals surface area contributed by atoms with Crippen LogP contribution in [0.1, 0.15) is 24.9 Å². The molecule has 2 N–H and O–H groups in total. The van der Waals surface area contributed by atoms with Crippen LogP contribution >= 0.6 is 15.9 Å². The van der Waals surface area contributed by atoms with Crippen LogP contribution < -0.4 is 5.32 Å². The topological polar surface area (TPSA) is 41.5 Å². The van der Waals surface area contributed by atoms with Gasteiger partial charge in [0.15, 0.2) is 0 Å². The van der Waals surface area contributed by atoms with Crippen molar-refractivity contribution in [2.45, 2.75) is 25.5 Å². The van der Waals surface area contributed by atoms with E-state index in [1.54, 1.807) is 13.2 Å². The molecule has 1 rings (SSSR count). The van der Waals surface area contributed by atoms with E-state index in [0.29, 0.717) is 25.1 Å². The van der Waals surface area contributed by atoms with Crippen molar-refractivity contribution in [3.63, 3.8) is 0 Å². The Kier molecular flexibility index (Phi) is 6.78. The third kappa shape index (κ3) is 5.02. The normalized spacial score (nSPS) is 14.5. The fourth-order valence-electron chi connectivity index (χ4n) is 1.70. The van der Waals surface area contributed by atoms with Crippen LogP contribution in [-0.2, 0) is 4.74 Å². The molecular formula is C13H19BrFNO2. The molecule has 0 saturated carbocycles. The minimum Gasteiger partial charge on any atom is -0.391 e. The van der Waals surface area contributed by atoms with Crippen molar-refractivity contribution in [1.29, 1.82) is 0 Å². The minimum absolute atomic E-state index is 0.0900. The molecule has 18 heavy (non-hydrogen) atoms. The molecule has 0 fully saturated rings. The van der Waals surface area contributed by atoms with Crippen LogP contribution in [0, 0.1) is 5.82 Å². The van der Waals surface area contributed by atoms with Gasteiger partial charge >= 0.3 is 0 Å². The summed E-state index contributed by atoms with van der Waals surface area (Å²) in [5.74, 6) is -0.234. The smallest absolute Gasteiger partial charge is 0.129 e. The maximum atomic E-state index is 13.7. The Morgan fingerprint density at radius 1 is 1.50 bits per heavy atom. The van der Waals surface area contributed by atoms with E-state index in [0.717, 1.165) is 4.47 Å². The van der Waals surface area contributed by atoms with E-state index in [-0.39, 0.29) is 11.9 Å². The highest BCUT2D eigenvalue weighted by Crippen LogP contribution is 2.20. The average Bonchev–Trinajstić information content (AvgIpc) is 2.29. The van der Waals surface area contributed by atoms with E-state index in [9.17, 15) is 9.50 Å².